The Balaban J connectivity index is 1.50. The van der Waals surface area contributed by atoms with Gasteiger partial charge < -0.3 is 9.47 Å². The highest BCUT2D eigenvalue weighted by atomic mass is 35.5. The van der Waals surface area contributed by atoms with Crippen LogP contribution in [-0.4, -0.2) is 42.7 Å². The molecule has 1 aromatic heterocycles. The third-order valence-electron chi connectivity index (χ3n) is 3.89. The first-order valence-corrected chi connectivity index (χ1v) is 9.12. The fourth-order valence-corrected chi connectivity index (χ4v) is 3.56. The summed E-state index contributed by atoms with van der Waals surface area (Å²) in [6.45, 7) is 5.44. The predicted octanol–water partition coefficient (Wildman–Crippen LogP) is 3.64. The summed E-state index contributed by atoms with van der Waals surface area (Å²) in [7, 11) is 0. The standard InChI is InChI=1S/C17H21ClN2O2S/c18-17-19-12-15(23-17)13-22-16-6-2-1-4-14(16)5-3-7-20-8-10-21-11-9-20/h1-2,4,6,12H,3,5,7-11,13H2. The van der Waals surface area contributed by atoms with Gasteiger partial charge in [0.2, 0.25) is 0 Å². The van der Waals surface area contributed by atoms with E-state index in [1.807, 2.05) is 12.1 Å². The highest BCUT2D eigenvalue weighted by Crippen LogP contribution is 2.23. The molecule has 1 aromatic carbocycles. The van der Waals surface area contributed by atoms with Gasteiger partial charge in [0.05, 0.1) is 18.1 Å². The van der Waals surface area contributed by atoms with Crippen LogP contribution in [0.25, 0.3) is 0 Å². The lowest BCUT2D eigenvalue weighted by Gasteiger charge is -2.26. The van der Waals surface area contributed by atoms with Crippen LogP contribution in [-0.2, 0) is 17.8 Å². The van der Waals surface area contributed by atoms with Crippen LogP contribution in [0.2, 0.25) is 4.47 Å². The zero-order valence-electron chi connectivity index (χ0n) is 13.0. The van der Waals surface area contributed by atoms with Gasteiger partial charge in [-0.1, -0.05) is 29.8 Å². The molecule has 0 atom stereocenters. The number of nitrogens with zero attached hydrogens (tertiary/aromatic N) is 2. The summed E-state index contributed by atoms with van der Waals surface area (Å²) in [5.41, 5.74) is 1.26. The number of benzene rings is 1. The van der Waals surface area contributed by atoms with Gasteiger partial charge in [-0.25, -0.2) is 4.98 Å². The highest BCUT2D eigenvalue weighted by molar-refractivity contribution is 7.15. The van der Waals surface area contributed by atoms with E-state index in [0.29, 0.717) is 11.1 Å². The Kier molecular flexibility index (Phi) is 6.28. The van der Waals surface area contributed by atoms with Gasteiger partial charge in [0.15, 0.2) is 4.47 Å². The van der Waals surface area contributed by atoms with Crippen molar-refractivity contribution < 1.29 is 9.47 Å². The second-order valence-electron chi connectivity index (χ2n) is 5.53. The molecule has 0 unspecified atom stereocenters. The molecule has 0 aliphatic carbocycles. The highest BCUT2D eigenvalue weighted by Gasteiger charge is 2.10. The minimum Gasteiger partial charge on any atom is -0.488 e. The summed E-state index contributed by atoms with van der Waals surface area (Å²) in [6, 6.07) is 8.27. The lowest BCUT2D eigenvalue weighted by atomic mass is 10.1. The Morgan fingerprint density at radius 3 is 2.87 bits per heavy atom. The maximum atomic E-state index is 5.96. The molecule has 1 fully saturated rings. The van der Waals surface area contributed by atoms with Crippen LogP contribution in [0.5, 0.6) is 5.75 Å². The van der Waals surface area contributed by atoms with Crippen molar-refractivity contribution in [2.45, 2.75) is 19.4 Å². The van der Waals surface area contributed by atoms with Crippen molar-refractivity contribution in [3.8, 4) is 5.75 Å². The lowest BCUT2D eigenvalue weighted by Crippen LogP contribution is -2.36. The first-order valence-electron chi connectivity index (χ1n) is 7.92. The molecule has 0 N–H and O–H groups in total. The zero-order chi connectivity index (χ0) is 15.9. The largest absolute Gasteiger partial charge is 0.488 e. The normalized spacial score (nSPS) is 15.7. The van der Waals surface area contributed by atoms with Crippen LogP contribution in [0.15, 0.2) is 30.5 Å². The lowest BCUT2D eigenvalue weighted by molar-refractivity contribution is 0.0374. The first-order chi connectivity index (χ1) is 11.3. The molecule has 4 nitrogen and oxygen atoms in total. The van der Waals surface area contributed by atoms with Gasteiger partial charge >= 0.3 is 0 Å². The molecule has 23 heavy (non-hydrogen) atoms. The third-order valence-corrected chi connectivity index (χ3v) is 4.98. The molecule has 0 saturated carbocycles. The van der Waals surface area contributed by atoms with Crippen LogP contribution in [0.4, 0.5) is 0 Å². The molecule has 0 bridgehead atoms. The van der Waals surface area contributed by atoms with Gasteiger partial charge in [0, 0.05) is 19.3 Å². The zero-order valence-corrected chi connectivity index (χ0v) is 14.6. The van der Waals surface area contributed by atoms with Crippen LogP contribution >= 0.6 is 22.9 Å². The molecule has 3 rings (SSSR count). The van der Waals surface area contributed by atoms with Crippen LogP contribution in [0, 0.1) is 0 Å². The number of aryl methyl sites for hydroxylation is 1. The molecule has 1 saturated heterocycles. The third kappa shape index (κ3) is 5.18. The molecule has 0 spiro atoms. The van der Waals surface area contributed by atoms with E-state index < -0.39 is 0 Å². The monoisotopic (exact) mass is 352 g/mol. The quantitative estimate of drug-likeness (QED) is 0.762. The Bertz CT molecular complexity index is 614. The summed E-state index contributed by atoms with van der Waals surface area (Å²) in [6.07, 6.45) is 3.93. The van der Waals surface area contributed by atoms with E-state index in [9.17, 15) is 0 Å². The van der Waals surface area contributed by atoms with E-state index in [-0.39, 0.29) is 0 Å². The number of para-hydroxylation sites is 1. The predicted molar refractivity (Wildman–Crippen MR) is 93.5 cm³/mol. The average molecular weight is 353 g/mol. The van der Waals surface area contributed by atoms with E-state index in [1.54, 1.807) is 6.20 Å². The number of rotatable bonds is 7. The van der Waals surface area contributed by atoms with Crippen molar-refractivity contribution in [3.05, 3.63) is 45.4 Å². The van der Waals surface area contributed by atoms with Crippen molar-refractivity contribution in [2.75, 3.05) is 32.8 Å². The Morgan fingerprint density at radius 1 is 1.26 bits per heavy atom. The topological polar surface area (TPSA) is 34.6 Å². The van der Waals surface area contributed by atoms with Gasteiger partial charge in [-0.3, -0.25) is 4.90 Å². The van der Waals surface area contributed by atoms with E-state index in [4.69, 9.17) is 21.1 Å². The fourth-order valence-electron chi connectivity index (χ4n) is 2.67. The summed E-state index contributed by atoms with van der Waals surface area (Å²) in [5.74, 6) is 0.957. The van der Waals surface area contributed by atoms with Crippen molar-refractivity contribution in [2.24, 2.45) is 0 Å². The molecule has 0 amide bonds. The van der Waals surface area contributed by atoms with Crippen molar-refractivity contribution in [1.82, 2.24) is 9.88 Å². The Labute approximate surface area is 146 Å². The van der Waals surface area contributed by atoms with Gasteiger partial charge in [-0.2, -0.15) is 0 Å². The minimum atomic E-state index is 0.519. The van der Waals surface area contributed by atoms with E-state index in [2.05, 4.69) is 22.0 Å². The maximum Gasteiger partial charge on any atom is 0.183 e. The average Bonchev–Trinajstić information content (AvgIpc) is 3.00. The molecule has 2 aromatic rings. The van der Waals surface area contributed by atoms with Crippen LogP contribution < -0.4 is 4.74 Å². The summed E-state index contributed by atoms with van der Waals surface area (Å²) in [4.78, 5) is 7.55. The Morgan fingerprint density at radius 2 is 2.09 bits per heavy atom. The van der Waals surface area contributed by atoms with Gasteiger partial charge in [0.1, 0.15) is 12.4 Å². The summed E-state index contributed by atoms with van der Waals surface area (Å²) >= 11 is 7.31. The Hall–Kier alpha value is -1.14. The van der Waals surface area contributed by atoms with Crippen molar-refractivity contribution in [3.63, 3.8) is 0 Å². The van der Waals surface area contributed by atoms with Gasteiger partial charge in [0.25, 0.3) is 0 Å². The number of aromatic nitrogens is 1. The number of morpholine rings is 1. The van der Waals surface area contributed by atoms with E-state index in [1.165, 1.54) is 16.9 Å². The number of ether oxygens (including phenoxy) is 2. The molecule has 1 aliphatic heterocycles. The molecule has 6 heteroatoms. The smallest absolute Gasteiger partial charge is 0.183 e. The molecular formula is C17H21ClN2O2S. The van der Waals surface area contributed by atoms with E-state index >= 15 is 0 Å². The molecule has 1 aliphatic rings. The summed E-state index contributed by atoms with van der Waals surface area (Å²) in [5, 5.41) is 0. The van der Waals surface area contributed by atoms with Gasteiger partial charge in [-0.05, 0) is 31.0 Å². The molecule has 0 radical (unpaired) electrons. The number of halogens is 1. The maximum absolute atomic E-state index is 5.96. The van der Waals surface area contributed by atoms with Crippen molar-refractivity contribution >= 4 is 22.9 Å². The molecule has 2 heterocycles. The number of hydrogen-bond donors (Lipinski definition) is 0. The molecule has 124 valence electrons. The van der Waals surface area contributed by atoms with Gasteiger partial charge in [-0.15, -0.1) is 11.3 Å². The second kappa shape index (κ2) is 8.64. The van der Waals surface area contributed by atoms with Crippen LogP contribution in [0.1, 0.15) is 16.9 Å². The van der Waals surface area contributed by atoms with E-state index in [0.717, 1.165) is 56.3 Å². The fraction of sp³-hybridized carbons (Fsp3) is 0.471. The number of hydrogen-bond acceptors (Lipinski definition) is 5. The minimum absolute atomic E-state index is 0.519. The SMILES string of the molecule is Clc1ncc(COc2ccccc2CCCN2CCOCC2)s1. The van der Waals surface area contributed by atoms with Crippen LogP contribution in [0.3, 0.4) is 0 Å². The number of thiazole rings is 1. The summed E-state index contributed by atoms with van der Waals surface area (Å²) < 4.78 is 11.9. The second-order valence-corrected chi connectivity index (χ2v) is 7.23. The first kappa shape index (κ1) is 16.7. The molecular weight excluding hydrogens is 332 g/mol. The van der Waals surface area contributed by atoms with Crippen molar-refractivity contribution in [1.29, 1.82) is 0 Å².